The average molecular weight is 541 g/mol. The molecule has 0 aliphatic rings. The first-order valence-electron chi connectivity index (χ1n) is 10.7. The van der Waals surface area contributed by atoms with Crippen LogP contribution >= 0.6 is 23.0 Å². The van der Waals surface area contributed by atoms with Gasteiger partial charge in [-0.05, 0) is 15.9 Å². The Morgan fingerprint density at radius 1 is 0.857 bits per heavy atom. The molecule has 1 heterocycles. The standard InChI is InChI=1S/C27H18BrN4O2P/c28-24-17-19(32(33)34)16-23-26(24)30-25(18-29)27(23)31-35(20-10-4-1-5-11-20,21-12-6-2-7-13-21)22-14-8-3-9-15-22/h1-17,30H. The molecule has 1 aromatic heterocycles. The van der Waals surface area contributed by atoms with Crippen LogP contribution in [0.4, 0.5) is 11.4 Å². The summed E-state index contributed by atoms with van der Waals surface area (Å²) in [5.41, 5.74) is 1.19. The summed E-state index contributed by atoms with van der Waals surface area (Å²) >= 11 is 3.43. The molecule has 5 rings (SSSR count). The van der Waals surface area contributed by atoms with E-state index in [1.807, 2.05) is 54.6 Å². The molecule has 6 nitrogen and oxygen atoms in total. The lowest BCUT2D eigenvalue weighted by atomic mass is 10.2. The molecule has 0 atom stereocenters. The molecule has 0 unspecified atom stereocenters. The summed E-state index contributed by atoms with van der Waals surface area (Å²) < 4.78 is 5.92. The first kappa shape index (κ1) is 22.8. The quantitative estimate of drug-likeness (QED) is 0.156. The highest BCUT2D eigenvalue weighted by molar-refractivity contribution is 9.10. The number of nitrogens with zero attached hydrogens (tertiary/aromatic N) is 3. The first-order valence-corrected chi connectivity index (χ1v) is 13.3. The number of aromatic amines is 1. The van der Waals surface area contributed by atoms with Gasteiger partial charge in [0.2, 0.25) is 0 Å². The van der Waals surface area contributed by atoms with Crippen molar-refractivity contribution in [1.82, 2.24) is 4.98 Å². The molecule has 1 N–H and O–H groups in total. The van der Waals surface area contributed by atoms with Crippen molar-refractivity contribution < 1.29 is 4.92 Å². The zero-order chi connectivity index (χ0) is 24.4. The molecule has 0 saturated heterocycles. The smallest absolute Gasteiger partial charge is 0.271 e. The minimum atomic E-state index is -2.67. The number of aromatic nitrogens is 1. The van der Waals surface area contributed by atoms with Gasteiger partial charge in [-0.2, -0.15) is 5.26 Å². The highest BCUT2D eigenvalue weighted by Gasteiger charge is 2.29. The minimum absolute atomic E-state index is 0.0765. The molecule has 0 aliphatic heterocycles. The van der Waals surface area contributed by atoms with Crippen LogP contribution in [0.25, 0.3) is 10.9 Å². The maximum Gasteiger partial charge on any atom is 0.271 e. The van der Waals surface area contributed by atoms with Crippen LogP contribution in [0.3, 0.4) is 0 Å². The van der Waals surface area contributed by atoms with E-state index in [0.717, 1.165) is 15.9 Å². The molecule has 5 aromatic rings. The molecule has 0 spiro atoms. The number of benzene rings is 4. The van der Waals surface area contributed by atoms with E-state index in [0.29, 0.717) is 21.1 Å². The summed E-state index contributed by atoms with van der Waals surface area (Å²) in [7, 11) is -2.67. The molecule has 0 aliphatic carbocycles. The minimum Gasteiger partial charge on any atom is -0.344 e. The molecule has 4 aromatic carbocycles. The Kier molecular flexibility index (Phi) is 6.08. The number of non-ortho nitro benzene ring substituents is 1. The maximum absolute atomic E-state index is 11.6. The van der Waals surface area contributed by atoms with Gasteiger partial charge in [0.05, 0.1) is 17.5 Å². The van der Waals surface area contributed by atoms with Crippen LogP contribution in [-0.4, -0.2) is 9.91 Å². The van der Waals surface area contributed by atoms with E-state index in [1.165, 1.54) is 12.1 Å². The number of H-pyrrole nitrogens is 1. The van der Waals surface area contributed by atoms with Crippen LogP contribution in [0.2, 0.25) is 0 Å². The van der Waals surface area contributed by atoms with Crippen LogP contribution in [0.5, 0.6) is 0 Å². The Morgan fingerprint density at radius 3 is 1.77 bits per heavy atom. The van der Waals surface area contributed by atoms with Gasteiger partial charge in [-0.25, -0.2) is 0 Å². The van der Waals surface area contributed by atoms with E-state index in [9.17, 15) is 15.4 Å². The van der Waals surface area contributed by atoms with Crippen LogP contribution in [0.15, 0.2) is 112 Å². The fourth-order valence-electron chi connectivity index (χ4n) is 4.22. The summed E-state index contributed by atoms with van der Waals surface area (Å²) in [6.45, 7) is 0. The van der Waals surface area contributed by atoms with Crippen molar-refractivity contribution in [2.24, 2.45) is 4.74 Å². The number of hydrogen-bond donors (Lipinski definition) is 1. The monoisotopic (exact) mass is 540 g/mol. The molecule has 0 radical (unpaired) electrons. The Hall–Kier alpha value is -3.98. The second-order valence-electron chi connectivity index (χ2n) is 7.81. The van der Waals surface area contributed by atoms with Crippen molar-refractivity contribution in [1.29, 1.82) is 5.26 Å². The second-order valence-corrected chi connectivity index (χ2v) is 11.7. The molecular weight excluding hydrogens is 523 g/mol. The Labute approximate surface area is 210 Å². The predicted molar refractivity (Wildman–Crippen MR) is 145 cm³/mol. The second kappa shape index (κ2) is 9.34. The van der Waals surface area contributed by atoms with Crippen LogP contribution < -0.4 is 15.9 Å². The van der Waals surface area contributed by atoms with E-state index in [2.05, 4.69) is 63.4 Å². The highest BCUT2D eigenvalue weighted by atomic mass is 79.9. The number of nitro groups is 1. The summed E-state index contributed by atoms with van der Waals surface area (Å²) in [6, 6.07) is 35.2. The number of nitrogens with one attached hydrogen (secondary N) is 1. The topological polar surface area (TPSA) is 95.1 Å². The fourth-order valence-corrected chi connectivity index (χ4v) is 8.32. The van der Waals surface area contributed by atoms with E-state index >= 15 is 0 Å². The third-order valence-electron chi connectivity index (χ3n) is 5.78. The summed E-state index contributed by atoms with van der Waals surface area (Å²) in [6.07, 6.45) is 0. The number of halogens is 1. The summed E-state index contributed by atoms with van der Waals surface area (Å²) in [5, 5.41) is 25.2. The number of rotatable bonds is 5. The van der Waals surface area contributed by atoms with E-state index in [4.69, 9.17) is 4.74 Å². The fraction of sp³-hybridized carbons (Fsp3) is 0. The van der Waals surface area contributed by atoms with Crippen molar-refractivity contribution in [2.45, 2.75) is 0 Å². The van der Waals surface area contributed by atoms with E-state index in [1.54, 1.807) is 0 Å². The van der Waals surface area contributed by atoms with Gasteiger partial charge >= 0.3 is 0 Å². The normalized spacial score (nSPS) is 11.2. The van der Waals surface area contributed by atoms with Crippen LogP contribution in [-0.2, 0) is 0 Å². The van der Waals surface area contributed by atoms with Gasteiger partial charge in [0, 0.05) is 37.9 Å². The average Bonchev–Trinajstić information content (AvgIpc) is 3.26. The molecule has 8 heteroatoms. The lowest BCUT2D eigenvalue weighted by Crippen LogP contribution is -2.25. The van der Waals surface area contributed by atoms with Crippen LogP contribution in [0, 0.1) is 21.4 Å². The van der Waals surface area contributed by atoms with Gasteiger partial charge in [0.1, 0.15) is 17.5 Å². The molecular formula is C27H18BrN4O2P. The Morgan fingerprint density at radius 2 is 1.34 bits per heavy atom. The number of fused-ring (bicyclic) bond motifs is 1. The van der Waals surface area contributed by atoms with Gasteiger partial charge < -0.3 is 4.98 Å². The summed E-state index contributed by atoms with van der Waals surface area (Å²) in [5.74, 6) is 0. The largest absolute Gasteiger partial charge is 0.344 e. The van der Waals surface area contributed by atoms with E-state index in [-0.39, 0.29) is 11.4 Å². The molecule has 0 amide bonds. The molecule has 0 bridgehead atoms. The van der Waals surface area contributed by atoms with Gasteiger partial charge in [0.15, 0.2) is 0 Å². The lowest BCUT2D eigenvalue weighted by Gasteiger charge is -2.26. The van der Waals surface area contributed by atoms with Gasteiger partial charge in [-0.15, -0.1) is 0 Å². The Balaban J connectivity index is 2.00. The molecule has 0 fully saturated rings. The summed E-state index contributed by atoms with van der Waals surface area (Å²) in [4.78, 5) is 14.3. The number of nitriles is 1. The van der Waals surface area contributed by atoms with E-state index < -0.39 is 12.0 Å². The van der Waals surface area contributed by atoms with Gasteiger partial charge in [-0.3, -0.25) is 14.9 Å². The highest BCUT2D eigenvalue weighted by Crippen LogP contribution is 2.51. The van der Waals surface area contributed by atoms with Crippen molar-refractivity contribution in [3.63, 3.8) is 0 Å². The van der Waals surface area contributed by atoms with Crippen molar-refractivity contribution in [2.75, 3.05) is 0 Å². The zero-order valence-corrected chi connectivity index (χ0v) is 20.8. The third kappa shape index (κ3) is 3.97. The zero-order valence-electron chi connectivity index (χ0n) is 18.3. The molecule has 35 heavy (non-hydrogen) atoms. The molecule has 0 saturated carbocycles. The third-order valence-corrected chi connectivity index (χ3v) is 10.0. The van der Waals surface area contributed by atoms with Crippen molar-refractivity contribution in [3.8, 4) is 6.07 Å². The SMILES string of the molecule is N#Cc1[nH]c2c(Br)cc([N+](=O)[O-])cc2c1N=P(c1ccccc1)(c1ccccc1)c1ccccc1. The van der Waals surface area contributed by atoms with Gasteiger partial charge in [0.25, 0.3) is 5.69 Å². The molecule has 170 valence electrons. The predicted octanol–water partition coefficient (Wildman–Crippen LogP) is 6.52. The van der Waals surface area contributed by atoms with Crippen LogP contribution in [0.1, 0.15) is 5.69 Å². The Bertz CT molecular complexity index is 1540. The van der Waals surface area contributed by atoms with Crippen molar-refractivity contribution >= 4 is 61.2 Å². The first-order chi connectivity index (χ1) is 17.0. The number of hydrogen-bond acceptors (Lipinski definition) is 4. The lowest BCUT2D eigenvalue weighted by molar-refractivity contribution is -0.384. The number of nitro benzene ring substituents is 1. The maximum atomic E-state index is 11.6. The van der Waals surface area contributed by atoms with Gasteiger partial charge in [-0.1, -0.05) is 91.0 Å². The van der Waals surface area contributed by atoms with Crippen molar-refractivity contribution in [3.05, 3.63) is 123 Å².